The highest BCUT2D eigenvalue weighted by molar-refractivity contribution is 7.07. The number of methoxy groups -OCH3 is 1. The maximum absolute atomic E-state index is 14.2. The van der Waals surface area contributed by atoms with E-state index in [9.17, 15) is 24.0 Å². The first kappa shape index (κ1) is 22.8. The molecule has 1 heterocycles. The smallest absolute Gasteiger partial charge is 0.305 e. The second kappa shape index (κ2) is 10.5. The average Bonchev–Trinajstić information content (AvgIpc) is 3.10. The number of benzene rings is 2. The number of ether oxygens (including phenoxy) is 1. The van der Waals surface area contributed by atoms with Crippen LogP contribution < -0.4 is 14.8 Å². The third-order valence-electron chi connectivity index (χ3n) is 4.67. The second-order valence-corrected chi connectivity index (χ2v) is 7.79. The minimum atomic E-state index is -0.806. The van der Waals surface area contributed by atoms with E-state index in [1.165, 1.54) is 29.9 Å². The van der Waals surface area contributed by atoms with E-state index in [4.69, 9.17) is 0 Å². The van der Waals surface area contributed by atoms with Gasteiger partial charge >= 0.3 is 5.97 Å². The van der Waals surface area contributed by atoms with E-state index in [2.05, 4.69) is 4.74 Å². The summed E-state index contributed by atoms with van der Waals surface area (Å²) in [6.07, 6.45) is 2.00. The number of carbonyl (C=O) groups is 2. The van der Waals surface area contributed by atoms with Crippen LogP contribution in [-0.4, -0.2) is 23.4 Å². The molecule has 0 radical (unpaired) electrons. The van der Waals surface area contributed by atoms with Gasteiger partial charge < -0.3 is 4.74 Å². The summed E-state index contributed by atoms with van der Waals surface area (Å²) in [5.41, 5.74) is -0.201. The van der Waals surface area contributed by atoms with Crippen LogP contribution >= 0.6 is 11.3 Å². The Balaban J connectivity index is 2.20. The molecule has 32 heavy (non-hydrogen) atoms. The molecule has 0 aliphatic carbocycles. The Morgan fingerprint density at radius 3 is 2.50 bits per heavy atom. The van der Waals surface area contributed by atoms with Gasteiger partial charge in [-0.15, -0.1) is 11.3 Å². The summed E-state index contributed by atoms with van der Waals surface area (Å²) in [5.74, 6) is -1.99. The largest absolute Gasteiger partial charge is 0.469 e. The number of aromatic nitrogens is 1. The van der Waals surface area contributed by atoms with Crippen LogP contribution in [0, 0.1) is 17.1 Å². The predicted octanol–water partition coefficient (Wildman–Crippen LogP) is 2.39. The topological polar surface area (TPSA) is 89.2 Å². The lowest BCUT2D eigenvalue weighted by molar-refractivity contribution is -0.140. The number of halogens is 1. The number of nitrogens with zero attached hydrogens (tertiary/aromatic N) is 2. The standard InChI is InChI=1S/C24H19FN2O4S/c1-31-21(28)12-7-13-27-23(30)20(14-16-8-3-2-4-9-16)32-24(27)18(15-26)22(29)17-10-5-6-11-19(17)25/h2-6,8-11,14H,7,12-13H2,1H3/b20-14-,24-18+. The molecule has 0 spiro atoms. The van der Waals surface area contributed by atoms with Crippen molar-refractivity contribution in [2.24, 2.45) is 0 Å². The lowest BCUT2D eigenvalue weighted by Crippen LogP contribution is -2.33. The van der Waals surface area contributed by atoms with Crippen molar-refractivity contribution in [3.05, 3.63) is 91.1 Å². The highest BCUT2D eigenvalue weighted by Gasteiger charge is 2.20. The Labute approximate surface area is 187 Å². The molecule has 0 aliphatic heterocycles. The number of rotatable bonds is 7. The van der Waals surface area contributed by atoms with E-state index in [-0.39, 0.29) is 35.2 Å². The number of carbonyl (C=O) groups excluding carboxylic acids is 2. The van der Waals surface area contributed by atoms with Crippen LogP contribution in [0.4, 0.5) is 4.39 Å². The Hall–Kier alpha value is -3.83. The van der Waals surface area contributed by atoms with E-state index >= 15 is 0 Å². The number of nitriles is 1. The molecule has 6 nitrogen and oxygen atoms in total. The van der Waals surface area contributed by atoms with E-state index in [1.807, 2.05) is 36.4 Å². The zero-order valence-electron chi connectivity index (χ0n) is 17.2. The Bertz CT molecular complexity index is 1370. The zero-order valence-corrected chi connectivity index (χ0v) is 18.0. The van der Waals surface area contributed by atoms with Crippen LogP contribution in [0.1, 0.15) is 28.8 Å². The highest BCUT2D eigenvalue weighted by atomic mass is 32.1. The third-order valence-corrected chi connectivity index (χ3v) is 5.80. The van der Waals surface area contributed by atoms with Crippen molar-refractivity contribution in [3.8, 4) is 6.07 Å². The van der Waals surface area contributed by atoms with Crippen LogP contribution in [0.15, 0.2) is 59.4 Å². The summed E-state index contributed by atoms with van der Waals surface area (Å²) in [7, 11) is 1.27. The number of esters is 1. The van der Waals surface area contributed by atoms with Gasteiger partial charge in [0.15, 0.2) is 0 Å². The zero-order chi connectivity index (χ0) is 23.1. The molecule has 0 saturated heterocycles. The molecule has 0 fully saturated rings. The summed E-state index contributed by atoms with van der Waals surface area (Å²) in [6.45, 7) is 0.0954. The monoisotopic (exact) mass is 450 g/mol. The molecule has 1 aromatic heterocycles. The fraction of sp³-hybridized carbons (Fsp3) is 0.167. The molecular weight excluding hydrogens is 431 g/mol. The van der Waals surface area contributed by atoms with Crippen LogP contribution in [0.5, 0.6) is 0 Å². The molecule has 3 aromatic rings. The van der Waals surface area contributed by atoms with E-state index in [1.54, 1.807) is 6.08 Å². The van der Waals surface area contributed by atoms with Crippen molar-refractivity contribution in [1.82, 2.24) is 4.57 Å². The number of Topliss-reactive ketones (excluding diaryl/α,β-unsaturated/α-hetero) is 1. The van der Waals surface area contributed by atoms with Crippen molar-refractivity contribution in [2.45, 2.75) is 19.4 Å². The van der Waals surface area contributed by atoms with E-state index in [0.717, 1.165) is 23.0 Å². The molecule has 0 saturated carbocycles. The SMILES string of the molecule is COC(=O)CCCn1c(=O)/c(=C/c2ccccc2)s/c1=C(\C#N)C(=O)c1ccccc1F. The van der Waals surface area contributed by atoms with Crippen molar-refractivity contribution >= 4 is 34.7 Å². The van der Waals surface area contributed by atoms with Gasteiger partial charge in [0.05, 0.1) is 17.2 Å². The van der Waals surface area contributed by atoms with Crippen molar-refractivity contribution < 1.29 is 18.7 Å². The number of hydrogen-bond acceptors (Lipinski definition) is 6. The number of ketones is 1. The summed E-state index contributed by atoms with van der Waals surface area (Å²) in [5, 5.41) is 9.74. The maximum Gasteiger partial charge on any atom is 0.305 e. The molecule has 0 N–H and O–H groups in total. The maximum atomic E-state index is 14.2. The average molecular weight is 450 g/mol. The Kier molecular flexibility index (Phi) is 7.47. The number of thiazole rings is 1. The Morgan fingerprint density at radius 2 is 1.84 bits per heavy atom. The lowest BCUT2D eigenvalue weighted by atomic mass is 10.0. The molecule has 3 rings (SSSR count). The van der Waals surface area contributed by atoms with Gasteiger partial charge in [-0.3, -0.25) is 19.0 Å². The third kappa shape index (κ3) is 5.07. The first-order chi connectivity index (χ1) is 15.5. The first-order valence-electron chi connectivity index (χ1n) is 9.73. The van der Waals surface area contributed by atoms with Crippen LogP contribution in [-0.2, 0) is 16.1 Å². The first-order valence-corrected chi connectivity index (χ1v) is 10.5. The number of hydrogen-bond donors (Lipinski definition) is 0. The van der Waals surface area contributed by atoms with Crippen molar-refractivity contribution in [2.75, 3.05) is 7.11 Å². The van der Waals surface area contributed by atoms with Gasteiger partial charge in [-0.25, -0.2) is 4.39 Å². The van der Waals surface area contributed by atoms with Gasteiger partial charge in [-0.05, 0) is 30.2 Å². The molecule has 0 aliphatic rings. The van der Waals surface area contributed by atoms with E-state index in [0.29, 0.717) is 4.53 Å². The second-order valence-electron chi connectivity index (χ2n) is 6.76. The quantitative estimate of drug-likeness (QED) is 0.407. The normalized spacial score (nSPS) is 12.2. The summed E-state index contributed by atoms with van der Waals surface area (Å²) < 4.78 is 20.5. The molecular formula is C24H19FN2O4S. The van der Waals surface area contributed by atoms with Crippen molar-refractivity contribution in [3.63, 3.8) is 0 Å². The van der Waals surface area contributed by atoms with Crippen LogP contribution in [0.25, 0.3) is 11.6 Å². The Morgan fingerprint density at radius 1 is 1.16 bits per heavy atom. The van der Waals surface area contributed by atoms with Gasteiger partial charge in [0, 0.05) is 13.0 Å². The van der Waals surface area contributed by atoms with Crippen molar-refractivity contribution in [1.29, 1.82) is 5.26 Å². The fourth-order valence-electron chi connectivity index (χ4n) is 3.07. The van der Waals surface area contributed by atoms with E-state index < -0.39 is 23.1 Å². The minimum absolute atomic E-state index is 0.0686. The summed E-state index contributed by atoms with van der Waals surface area (Å²) in [6, 6.07) is 16.3. The minimum Gasteiger partial charge on any atom is -0.469 e. The molecule has 0 bridgehead atoms. The molecule has 0 atom stereocenters. The lowest BCUT2D eigenvalue weighted by Gasteiger charge is -2.04. The van der Waals surface area contributed by atoms with Gasteiger partial charge in [0.25, 0.3) is 5.56 Å². The summed E-state index contributed by atoms with van der Waals surface area (Å²) >= 11 is 0.983. The molecule has 8 heteroatoms. The summed E-state index contributed by atoms with van der Waals surface area (Å²) in [4.78, 5) is 37.5. The molecule has 0 amide bonds. The predicted molar refractivity (Wildman–Crippen MR) is 119 cm³/mol. The van der Waals surface area contributed by atoms with Gasteiger partial charge in [-0.2, -0.15) is 5.26 Å². The molecule has 0 unspecified atom stereocenters. The molecule has 162 valence electrons. The fourth-order valence-corrected chi connectivity index (χ4v) is 4.19. The van der Waals surface area contributed by atoms with Crippen LogP contribution in [0.2, 0.25) is 0 Å². The molecule has 2 aromatic carbocycles. The highest BCUT2D eigenvalue weighted by Crippen LogP contribution is 2.12. The van der Waals surface area contributed by atoms with Gasteiger partial charge in [-0.1, -0.05) is 42.5 Å². The van der Waals surface area contributed by atoms with Gasteiger partial charge in [0.1, 0.15) is 22.1 Å². The van der Waals surface area contributed by atoms with Crippen LogP contribution in [0.3, 0.4) is 0 Å². The van der Waals surface area contributed by atoms with Gasteiger partial charge in [0.2, 0.25) is 5.78 Å².